The van der Waals surface area contributed by atoms with Crippen molar-refractivity contribution in [3.63, 3.8) is 0 Å². The molecule has 0 spiro atoms. The van der Waals surface area contributed by atoms with Gasteiger partial charge in [0.05, 0.1) is 0 Å². The molecule has 0 bridgehead atoms. The van der Waals surface area contributed by atoms with E-state index in [-0.39, 0.29) is 0 Å². The summed E-state index contributed by atoms with van der Waals surface area (Å²) in [5.74, 6) is 1.99. The normalized spacial score (nSPS) is 12.1. The van der Waals surface area contributed by atoms with Gasteiger partial charge < -0.3 is 5.73 Å². The lowest BCUT2D eigenvalue weighted by Gasteiger charge is -2.40. The third-order valence-corrected chi connectivity index (χ3v) is 2.97. The minimum Gasteiger partial charge on any atom is -0.310 e. The minimum absolute atomic E-state index is 0.791. The van der Waals surface area contributed by atoms with Gasteiger partial charge in [-0.1, -0.05) is 0 Å². The summed E-state index contributed by atoms with van der Waals surface area (Å²) in [7, 11) is 0. The molecule has 0 aromatic rings. The van der Waals surface area contributed by atoms with Crippen molar-refractivity contribution in [2.45, 2.75) is 38.8 Å². The van der Waals surface area contributed by atoms with Crippen LogP contribution in [0.4, 0.5) is 0 Å². The predicted octanol–water partition coefficient (Wildman–Crippen LogP) is -1.76. The van der Waals surface area contributed by atoms with Crippen LogP contribution in [0.5, 0.6) is 0 Å². The van der Waals surface area contributed by atoms with Gasteiger partial charge in [-0.05, 0) is 27.7 Å². The lowest BCUT2D eigenvalue weighted by molar-refractivity contribution is -0.149. The first-order valence-corrected chi connectivity index (χ1v) is 4.89. The second-order valence-electron chi connectivity index (χ2n) is 3.93. The summed E-state index contributed by atoms with van der Waals surface area (Å²) in [4.78, 5) is 46.4. The van der Waals surface area contributed by atoms with Crippen LogP contribution in [0.25, 0.3) is 0 Å². The molecule has 0 aliphatic heterocycles. The summed E-state index contributed by atoms with van der Waals surface area (Å²) in [6.07, 6.45) is 0. The Balaban J connectivity index is 6.25. The second kappa shape index (κ2) is 4.82. The van der Waals surface area contributed by atoms with Crippen molar-refractivity contribution in [1.82, 2.24) is 5.43 Å². The molecule has 0 aliphatic rings. The maximum Gasteiger partial charge on any atom is 0.180 e. The molecule has 0 aromatic heterocycles. The molecule has 0 amide bonds. The van der Waals surface area contributed by atoms with Crippen LogP contribution in [-0.2, 0) is 19.2 Å². The Morgan fingerprint density at radius 3 is 1.18 bits per heavy atom. The molecule has 7 nitrogen and oxygen atoms in total. The van der Waals surface area contributed by atoms with Crippen LogP contribution < -0.4 is 17.0 Å². The first-order chi connectivity index (χ1) is 7.58. The van der Waals surface area contributed by atoms with Crippen LogP contribution in [0.2, 0.25) is 0 Å². The fraction of sp³-hybridized carbons (Fsp3) is 0.600. The van der Waals surface area contributed by atoms with Crippen molar-refractivity contribution in [2.75, 3.05) is 0 Å². The molecule has 0 fully saturated rings. The molecule has 0 unspecified atom stereocenters. The Labute approximate surface area is 98.9 Å². The molecule has 0 aromatic carbocycles. The molecule has 17 heavy (non-hydrogen) atoms. The van der Waals surface area contributed by atoms with Crippen LogP contribution >= 0.6 is 0 Å². The maximum atomic E-state index is 11.6. The average Bonchev–Trinajstić information content (AvgIpc) is 2.16. The highest BCUT2D eigenvalue weighted by Gasteiger charge is 2.61. The predicted molar refractivity (Wildman–Crippen MR) is 59.7 cm³/mol. The van der Waals surface area contributed by atoms with Gasteiger partial charge in [-0.15, -0.1) is 0 Å². The fourth-order valence-corrected chi connectivity index (χ4v) is 1.90. The largest absolute Gasteiger partial charge is 0.310 e. The molecule has 0 atom stereocenters. The molecule has 0 saturated heterocycles. The van der Waals surface area contributed by atoms with E-state index in [0.717, 1.165) is 27.7 Å². The highest BCUT2D eigenvalue weighted by molar-refractivity contribution is 6.25. The van der Waals surface area contributed by atoms with Gasteiger partial charge in [0.25, 0.3) is 0 Å². The van der Waals surface area contributed by atoms with Crippen molar-refractivity contribution < 1.29 is 19.2 Å². The SMILES string of the molecule is CC(=O)C(N)(C(C)=O)C(NN)(C(C)=O)C(C)=O. The van der Waals surface area contributed by atoms with Gasteiger partial charge in [-0.2, -0.15) is 0 Å². The van der Waals surface area contributed by atoms with E-state index in [4.69, 9.17) is 11.6 Å². The molecule has 96 valence electrons. The molecular formula is C10H17N3O4. The number of nitrogens with one attached hydrogen (secondary N) is 1. The third-order valence-electron chi connectivity index (χ3n) is 2.97. The molecule has 0 heterocycles. The molecule has 0 rings (SSSR count). The zero-order valence-corrected chi connectivity index (χ0v) is 10.3. The van der Waals surface area contributed by atoms with Crippen LogP contribution in [0.3, 0.4) is 0 Å². The van der Waals surface area contributed by atoms with E-state index in [1.54, 1.807) is 0 Å². The Morgan fingerprint density at radius 2 is 1.12 bits per heavy atom. The van der Waals surface area contributed by atoms with Gasteiger partial charge in [0, 0.05) is 0 Å². The standard InChI is InChI=1S/C10H17N3O4/c1-5(14)9(11,6(2)15)10(13-12,7(3)16)8(4)17/h13H,11-12H2,1-4H3. The molecule has 0 saturated carbocycles. The Kier molecular flexibility index (Phi) is 4.41. The third kappa shape index (κ3) is 1.92. The number of carbonyl (C=O) groups excluding carboxylic acids is 4. The zero-order valence-electron chi connectivity index (χ0n) is 10.3. The minimum atomic E-state index is -2.31. The summed E-state index contributed by atoms with van der Waals surface area (Å²) in [6.45, 7) is 4.13. The molecule has 5 N–H and O–H groups in total. The number of nitrogens with two attached hydrogens (primary N) is 2. The van der Waals surface area contributed by atoms with Gasteiger partial charge in [0.15, 0.2) is 34.2 Å². The van der Waals surface area contributed by atoms with E-state index < -0.39 is 34.2 Å². The van der Waals surface area contributed by atoms with Crippen molar-refractivity contribution in [1.29, 1.82) is 0 Å². The molecule has 0 radical (unpaired) electrons. The second-order valence-corrected chi connectivity index (χ2v) is 3.93. The lowest BCUT2D eigenvalue weighted by atomic mass is 9.68. The summed E-state index contributed by atoms with van der Waals surface area (Å²) >= 11 is 0. The molecule has 0 aliphatic carbocycles. The average molecular weight is 243 g/mol. The number of rotatable bonds is 6. The van der Waals surface area contributed by atoms with E-state index in [1.807, 2.05) is 5.43 Å². The van der Waals surface area contributed by atoms with Crippen LogP contribution in [-0.4, -0.2) is 34.2 Å². The van der Waals surface area contributed by atoms with Crippen LogP contribution in [0.1, 0.15) is 27.7 Å². The van der Waals surface area contributed by atoms with Crippen molar-refractivity contribution in [3.8, 4) is 0 Å². The monoisotopic (exact) mass is 243 g/mol. The number of hydrogen-bond donors (Lipinski definition) is 3. The van der Waals surface area contributed by atoms with Gasteiger partial charge >= 0.3 is 0 Å². The van der Waals surface area contributed by atoms with Crippen molar-refractivity contribution in [3.05, 3.63) is 0 Å². The highest BCUT2D eigenvalue weighted by atomic mass is 16.2. The Hall–Kier alpha value is -1.44. The molecule has 7 heteroatoms. The van der Waals surface area contributed by atoms with Gasteiger partial charge in [-0.3, -0.25) is 25.0 Å². The number of carbonyl (C=O) groups is 4. The number of hydrogen-bond acceptors (Lipinski definition) is 7. The van der Waals surface area contributed by atoms with E-state index in [0.29, 0.717) is 0 Å². The van der Waals surface area contributed by atoms with Gasteiger partial charge in [-0.25, -0.2) is 5.43 Å². The summed E-state index contributed by atoms with van der Waals surface area (Å²) in [5.41, 5.74) is 3.11. The zero-order chi connectivity index (χ0) is 14.0. The first-order valence-electron chi connectivity index (χ1n) is 4.89. The lowest BCUT2D eigenvalue weighted by Crippen LogP contribution is -2.81. The van der Waals surface area contributed by atoms with E-state index in [1.165, 1.54) is 0 Å². The van der Waals surface area contributed by atoms with E-state index >= 15 is 0 Å². The summed E-state index contributed by atoms with van der Waals surface area (Å²) in [5, 5.41) is 0. The topological polar surface area (TPSA) is 132 Å². The van der Waals surface area contributed by atoms with E-state index in [9.17, 15) is 19.2 Å². The van der Waals surface area contributed by atoms with E-state index in [2.05, 4.69) is 0 Å². The molecular weight excluding hydrogens is 226 g/mol. The fourth-order valence-electron chi connectivity index (χ4n) is 1.90. The maximum absolute atomic E-state index is 11.6. The quantitative estimate of drug-likeness (QED) is 0.286. The Morgan fingerprint density at radius 1 is 0.824 bits per heavy atom. The van der Waals surface area contributed by atoms with Gasteiger partial charge in [0.2, 0.25) is 0 Å². The number of hydrazine groups is 1. The number of Topliss-reactive ketones (excluding diaryl/α,β-unsaturated/α-hetero) is 4. The summed E-state index contributed by atoms with van der Waals surface area (Å²) < 4.78 is 0. The Bertz CT molecular complexity index is 361. The summed E-state index contributed by atoms with van der Waals surface area (Å²) in [6, 6.07) is 0. The van der Waals surface area contributed by atoms with Crippen LogP contribution in [0, 0.1) is 0 Å². The number of ketones is 4. The van der Waals surface area contributed by atoms with Crippen molar-refractivity contribution >= 4 is 23.1 Å². The van der Waals surface area contributed by atoms with Crippen LogP contribution in [0.15, 0.2) is 0 Å². The smallest absolute Gasteiger partial charge is 0.180 e. The van der Waals surface area contributed by atoms with Gasteiger partial charge in [0.1, 0.15) is 0 Å². The van der Waals surface area contributed by atoms with Crippen molar-refractivity contribution in [2.24, 2.45) is 11.6 Å². The highest BCUT2D eigenvalue weighted by Crippen LogP contribution is 2.24. The first kappa shape index (κ1) is 15.6.